The molecule has 3 rings (SSSR count). The Bertz CT molecular complexity index is 820. The molecular formula is C14H16Cl2N4O3S. The van der Waals surface area contributed by atoms with Crippen molar-refractivity contribution in [2.75, 3.05) is 20.2 Å². The summed E-state index contributed by atoms with van der Waals surface area (Å²) in [6, 6.07) is 4.56. The van der Waals surface area contributed by atoms with E-state index in [0.29, 0.717) is 31.8 Å². The van der Waals surface area contributed by atoms with Crippen LogP contribution in [0.25, 0.3) is 0 Å². The molecule has 0 bridgehead atoms. The van der Waals surface area contributed by atoms with Crippen LogP contribution in [0.5, 0.6) is 0 Å². The molecule has 0 amide bonds. The van der Waals surface area contributed by atoms with Crippen molar-refractivity contribution < 1.29 is 13.2 Å². The SMILES string of the molecule is COCc1cn(C2CCN(S(=O)(=O)c3c(Cl)cccc3Cl)C2)nn1. The van der Waals surface area contributed by atoms with Crippen molar-refractivity contribution in [2.45, 2.75) is 24.0 Å². The lowest BCUT2D eigenvalue weighted by Crippen LogP contribution is -2.29. The van der Waals surface area contributed by atoms with Crippen molar-refractivity contribution >= 4 is 33.2 Å². The van der Waals surface area contributed by atoms with E-state index >= 15 is 0 Å². The fourth-order valence-electron chi connectivity index (χ4n) is 2.71. The van der Waals surface area contributed by atoms with Crippen molar-refractivity contribution in [1.82, 2.24) is 19.3 Å². The molecule has 1 aromatic heterocycles. The molecule has 24 heavy (non-hydrogen) atoms. The molecule has 1 aromatic carbocycles. The summed E-state index contributed by atoms with van der Waals surface area (Å²) in [5, 5.41) is 8.30. The maximum absolute atomic E-state index is 12.9. The van der Waals surface area contributed by atoms with Gasteiger partial charge in [-0.05, 0) is 18.6 Å². The van der Waals surface area contributed by atoms with E-state index in [2.05, 4.69) is 10.3 Å². The van der Waals surface area contributed by atoms with Gasteiger partial charge < -0.3 is 4.74 Å². The lowest BCUT2D eigenvalue weighted by atomic mass is 10.3. The molecule has 10 heteroatoms. The van der Waals surface area contributed by atoms with E-state index in [9.17, 15) is 8.42 Å². The largest absolute Gasteiger partial charge is 0.378 e. The smallest absolute Gasteiger partial charge is 0.246 e. The summed E-state index contributed by atoms with van der Waals surface area (Å²) in [6.45, 7) is 1.03. The first-order valence-corrected chi connectivity index (χ1v) is 9.47. The van der Waals surface area contributed by atoms with Gasteiger partial charge in [0.2, 0.25) is 10.0 Å². The Kier molecular flexibility index (Phi) is 5.12. The van der Waals surface area contributed by atoms with E-state index in [1.807, 2.05) is 0 Å². The van der Waals surface area contributed by atoms with Crippen molar-refractivity contribution in [3.63, 3.8) is 0 Å². The van der Waals surface area contributed by atoms with E-state index in [1.165, 1.54) is 16.4 Å². The summed E-state index contributed by atoms with van der Waals surface area (Å²) in [7, 11) is -2.18. The van der Waals surface area contributed by atoms with Gasteiger partial charge in [0.25, 0.3) is 0 Å². The molecule has 0 aliphatic carbocycles. The van der Waals surface area contributed by atoms with Crippen LogP contribution in [0.15, 0.2) is 29.3 Å². The van der Waals surface area contributed by atoms with Gasteiger partial charge in [0.1, 0.15) is 10.6 Å². The number of rotatable bonds is 5. The predicted octanol–water partition coefficient (Wildman–Crippen LogP) is 2.37. The molecule has 130 valence electrons. The Balaban J connectivity index is 1.81. The molecule has 1 unspecified atom stereocenters. The Morgan fingerprint density at radius 3 is 2.71 bits per heavy atom. The number of benzene rings is 1. The van der Waals surface area contributed by atoms with Crippen LogP contribution < -0.4 is 0 Å². The summed E-state index contributed by atoms with van der Waals surface area (Å²) >= 11 is 12.1. The number of sulfonamides is 1. The summed E-state index contributed by atoms with van der Waals surface area (Å²) in [6.07, 6.45) is 2.41. The zero-order valence-corrected chi connectivity index (χ0v) is 15.2. The third-order valence-electron chi connectivity index (χ3n) is 3.87. The van der Waals surface area contributed by atoms with Crippen LogP contribution >= 0.6 is 23.2 Å². The Hall–Kier alpha value is -1.19. The second-order valence-electron chi connectivity index (χ2n) is 5.48. The van der Waals surface area contributed by atoms with E-state index in [0.717, 1.165) is 0 Å². The summed E-state index contributed by atoms with van der Waals surface area (Å²) in [4.78, 5) is -0.0485. The zero-order chi connectivity index (χ0) is 17.3. The van der Waals surface area contributed by atoms with Crippen LogP contribution in [-0.4, -0.2) is 47.9 Å². The van der Waals surface area contributed by atoms with Gasteiger partial charge in [0.05, 0.1) is 28.9 Å². The highest BCUT2D eigenvalue weighted by molar-refractivity contribution is 7.89. The normalized spacial score (nSPS) is 19.0. The summed E-state index contributed by atoms with van der Waals surface area (Å²) in [5.74, 6) is 0. The van der Waals surface area contributed by atoms with Gasteiger partial charge in [0, 0.05) is 20.2 Å². The molecule has 0 N–H and O–H groups in total. The Morgan fingerprint density at radius 2 is 2.04 bits per heavy atom. The minimum absolute atomic E-state index is 0.0485. The fraction of sp³-hybridized carbons (Fsp3) is 0.429. The van der Waals surface area contributed by atoms with Crippen LogP contribution in [-0.2, 0) is 21.4 Å². The average Bonchev–Trinajstić information content (AvgIpc) is 3.16. The van der Waals surface area contributed by atoms with Crippen molar-refractivity contribution in [2.24, 2.45) is 0 Å². The Morgan fingerprint density at radius 1 is 1.33 bits per heavy atom. The predicted molar refractivity (Wildman–Crippen MR) is 89.6 cm³/mol. The highest BCUT2D eigenvalue weighted by atomic mass is 35.5. The molecule has 0 radical (unpaired) electrons. The second kappa shape index (κ2) is 6.97. The number of hydrogen-bond acceptors (Lipinski definition) is 5. The van der Waals surface area contributed by atoms with Crippen molar-refractivity contribution in [3.05, 3.63) is 40.1 Å². The highest BCUT2D eigenvalue weighted by Crippen LogP contribution is 2.34. The number of nitrogens with zero attached hydrogens (tertiary/aromatic N) is 4. The fourth-order valence-corrected chi connectivity index (χ4v) is 5.29. The van der Waals surface area contributed by atoms with Crippen LogP contribution in [0.4, 0.5) is 0 Å². The van der Waals surface area contributed by atoms with Gasteiger partial charge in [-0.1, -0.05) is 34.5 Å². The van der Waals surface area contributed by atoms with Crippen molar-refractivity contribution in [3.8, 4) is 0 Å². The molecule has 7 nitrogen and oxygen atoms in total. The molecule has 1 atom stereocenters. The number of methoxy groups -OCH3 is 1. The van der Waals surface area contributed by atoms with Gasteiger partial charge in [-0.3, -0.25) is 0 Å². The lowest BCUT2D eigenvalue weighted by molar-refractivity contribution is 0.181. The molecule has 0 saturated carbocycles. The first-order valence-electron chi connectivity index (χ1n) is 7.27. The third kappa shape index (κ3) is 3.29. The third-order valence-corrected chi connectivity index (χ3v) is 6.69. The van der Waals surface area contributed by atoms with Crippen LogP contribution in [0, 0.1) is 0 Å². The lowest BCUT2D eigenvalue weighted by Gasteiger charge is -2.18. The molecule has 2 heterocycles. The molecule has 1 aliphatic heterocycles. The number of halogens is 2. The number of aromatic nitrogens is 3. The molecular weight excluding hydrogens is 375 g/mol. The minimum atomic E-state index is -3.76. The number of ether oxygens (including phenoxy) is 1. The standard InChI is InChI=1S/C14H16Cl2N4O3S/c1-23-9-10-7-20(18-17-10)11-5-6-19(8-11)24(21,22)14-12(15)3-2-4-13(14)16/h2-4,7,11H,5-6,8-9H2,1H3. The molecule has 0 spiro atoms. The van der Waals surface area contributed by atoms with E-state index < -0.39 is 10.0 Å². The topological polar surface area (TPSA) is 77.3 Å². The Labute approximate surface area is 150 Å². The highest BCUT2D eigenvalue weighted by Gasteiger charge is 2.36. The molecule has 1 saturated heterocycles. The van der Waals surface area contributed by atoms with Gasteiger partial charge in [-0.15, -0.1) is 5.10 Å². The maximum Gasteiger partial charge on any atom is 0.246 e. The van der Waals surface area contributed by atoms with Crippen LogP contribution in [0.1, 0.15) is 18.2 Å². The maximum atomic E-state index is 12.9. The van der Waals surface area contributed by atoms with Gasteiger partial charge in [-0.25, -0.2) is 13.1 Å². The number of hydrogen-bond donors (Lipinski definition) is 0. The van der Waals surface area contributed by atoms with Gasteiger partial charge >= 0.3 is 0 Å². The van der Waals surface area contributed by atoms with E-state index in [4.69, 9.17) is 27.9 Å². The van der Waals surface area contributed by atoms with Crippen molar-refractivity contribution in [1.29, 1.82) is 0 Å². The van der Waals surface area contributed by atoms with Gasteiger partial charge in [0.15, 0.2) is 0 Å². The van der Waals surface area contributed by atoms with Gasteiger partial charge in [-0.2, -0.15) is 4.31 Å². The molecule has 2 aromatic rings. The zero-order valence-electron chi connectivity index (χ0n) is 12.9. The first kappa shape index (κ1) is 17.6. The summed E-state index contributed by atoms with van der Waals surface area (Å²) in [5.41, 5.74) is 0.702. The first-order chi connectivity index (χ1) is 11.4. The quantitative estimate of drug-likeness (QED) is 0.782. The monoisotopic (exact) mass is 390 g/mol. The van der Waals surface area contributed by atoms with Crippen LogP contribution in [0.2, 0.25) is 10.0 Å². The van der Waals surface area contributed by atoms with E-state index in [-0.39, 0.29) is 21.0 Å². The average molecular weight is 391 g/mol. The minimum Gasteiger partial charge on any atom is -0.378 e. The molecule has 1 fully saturated rings. The summed E-state index contributed by atoms with van der Waals surface area (Å²) < 4.78 is 33.8. The molecule has 1 aliphatic rings. The van der Waals surface area contributed by atoms with Crippen LogP contribution in [0.3, 0.4) is 0 Å². The second-order valence-corrected chi connectivity index (χ2v) is 8.17. The van der Waals surface area contributed by atoms with E-state index in [1.54, 1.807) is 24.1 Å².